The van der Waals surface area contributed by atoms with Gasteiger partial charge in [-0.2, -0.15) is 0 Å². The van der Waals surface area contributed by atoms with Crippen LogP contribution in [0.1, 0.15) is 24.0 Å². The highest BCUT2D eigenvalue weighted by Gasteiger charge is 2.45. The molecular formula is C12H15FN2. The molecule has 1 fully saturated rings. The maximum atomic E-state index is 13.6. The number of hydrogen-bond acceptors (Lipinski definition) is 2. The Hall–Kier alpha value is -1.09. The molecule has 3 heteroatoms. The molecule has 0 aromatic heterocycles. The molecule has 2 N–H and O–H groups in total. The zero-order valence-corrected chi connectivity index (χ0v) is 8.67. The van der Waals surface area contributed by atoms with Gasteiger partial charge in [-0.15, -0.1) is 0 Å². The lowest BCUT2D eigenvalue weighted by Crippen LogP contribution is -2.26. The monoisotopic (exact) mass is 206 g/mol. The number of nitrogens with zero attached hydrogens (tertiary/aromatic N) is 1. The van der Waals surface area contributed by atoms with Crippen LogP contribution in [0.15, 0.2) is 18.2 Å². The topological polar surface area (TPSA) is 29.3 Å². The van der Waals surface area contributed by atoms with Gasteiger partial charge in [-0.05, 0) is 36.1 Å². The highest BCUT2D eigenvalue weighted by molar-refractivity contribution is 5.46. The largest absolute Gasteiger partial charge is 0.399 e. The van der Waals surface area contributed by atoms with Crippen LogP contribution in [-0.2, 0) is 13.1 Å². The molecule has 1 aromatic carbocycles. The van der Waals surface area contributed by atoms with E-state index in [1.165, 1.54) is 11.1 Å². The first-order valence-corrected chi connectivity index (χ1v) is 5.43. The summed E-state index contributed by atoms with van der Waals surface area (Å²) in [6.07, 6.45) is 1.48. The fourth-order valence-electron chi connectivity index (χ4n) is 2.29. The van der Waals surface area contributed by atoms with Gasteiger partial charge in [-0.25, -0.2) is 4.39 Å². The third-order valence-electron chi connectivity index (χ3n) is 3.32. The van der Waals surface area contributed by atoms with Crippen LogP contribution in [0.25, 0.3) is 0 Å². The number of hydrogen-bond donors (Lipinski definition) is 1. The number of alkyl halides is 1. The number of fused-ring (bicyclic) bond motifs is 1. The molecule has 0 unspecified atom stereocenters. The number of halogens is 1. The molecular weight excluding hydrogens is 191 g/mol. The van der Waals surface area contributed by atoms with E-state index in [9.17, 15) is 4.39 Å². The molecule has 0 radical (unpaired) electrons. The molecule has 80 valence electrons. The molecule has 1 saturated carbocycles. The van der Waals surface area contributed by atoms with E-state index in [1.54, 1.807) is 0 Å². The number of anilines is 1. The number of benzene rings is 1. The molecule has 1 aliphatic heterocycles. The summed E-state index contributed by atoms with van der Waals surface area (Å²) in [5.74, 6) is 0. The molecule has 0 bridgehead atoms. The minimum Gasteiger partial charge on any atom is -0.399 e. The van der Waals surface area contributed by atoms with E-state index in [0.29, 0.717) is 6.54 Å². The van der Waals surface area contributed by atoms with Crippen molar-refractivity contribution in [3.8, 4) is 0 Å². The van der Waals surface area contributed by atoms with E-state index in [4.69, 9.17) is 5.73 Å². The van der Waals surface area contributed by atoms with Crippen molar-refractivity contribution in [2.75, 3.05) is 12.3 Å². The molecule has 15 heavy (non-hydrogen) atoms. The Morgan fingerprint density at radius 1 is 1.27 bits per heavy atom. The van der Waals surface area contributed by atoms with Crippen molar-refractivity contribution in [2.24, 2.45) is 0 Å². The SMILES string of the molecule is Nc1ccc2c(c1)CN(CC1(F)CC1)C2. The first kappa shape index (κ1) is 9.16. The summed E-state index contributed by atoms with van der Waals surface area (Å²) < 4.78 is 13.6. The van der Waals surface area contributed by atoms with E-state index in [2.05, 4.69) is 11.0 Å². The Kier molecular flexibility index (Phi) is 1.80. The Bertz CT molecular complexity index is 399. The van der Waals surface area contributed by atoms with Gasteiger partial charge in [0.05, 0.1) is 0 Å². The smallest absolute Gasteiger partial charge is 0.123 e. The first-order chi connectivity index (χ1) is 7.15. The molecule has 0 atom stereocenters. The normalized spacial score (nSPS) is 22.7. The number of nitrogen functional groups attached to an aromatic ring is 1. The van der Waals surface area contributed by atoms with Crippen LogP contribution in [0.4, 0.5) is 10.1 Å². The third-order valence-corrected chi connectivity index (χ3v) is 3.32. The molecule has 2 aliphatic rings. The van der Waals surface area contributed by atoms with Crippen LogP contribution >= 0.6 is 0 Å². The summed E-state index contributed by atoms with van der Waals surface area (Å²) in [5, 5.41) is 0. The molecule has 0 spiro atoms. The lowest BCUT2D eigenvalue weighted by molar-refractivity contribution is 0.176. The van der Waals surface area contributed by atoms with E-state index >= 15 is 0 Å². The number of rotatable bonds is 2. The molecule has 3 rings (SSSR count). The van der Waals surface area contributed by atoms with Gasteiger partial charge in [0.25, 0.3) is 0 Å². The quantitative estimate of drug-likeness (QED) is 0.751. The fourth-order valence-corrected chi connectivity index (χ4v) is 2.29. The molecule has 0 amide bonds. The summed E-state index contributed by atoms with van der Waals surface area (Å²) in [4.78, 5) is 2.18. The van der Waals surface area contributed by atoms with Gasteiger partial charge in [0.1, 0.15) is 5.67 Å². The predicted molar refractivity (Wildman–Crippen MR) is 58.0 cm³/mol. The highest BCUT2D eigenvalue weighted by Crippen LogP contribution is 2.41. The standard InChI is InChI=1S/C12H15FN2/c13-12(3-4-12)8-15-6-9-1-2-11(14)5-10(9)7-15/h1-2,5H,3-4,6-8,14H2. The lowest BCUT2D eigenvalue weighted by Gasteiger charge is -2.16. The second-order valence-corrected chi connectivity index (χ2v) is 4.82. The molecule has 1 aliphatic carbocycles. The van der Waals surface area contributed by atoms with Gasteiger partial charge in [-0.3, -0.25) is 4.90 Å². The molecule has 2 nitrogen and oxygen atoms in total. The van der Waals surface area contributed by atoms with E-state index < -0.39 is 5.67 Å². The van der Waals surface area contributed by atoms with Crippen LogP contribution < -0.4 is 5.73 Å². The average Bonchev–Trinajstić information content (AvgIpc) is 2.76. The Labute approximate surface area is 88.9 Å². The molecule has 0 saturated heterocycles. The second kappa shape index (κ2) is 2.95. The summed E-state index contributed by atoms with van der Waals surface area (Å²) in [7, 11) is 0. The van der Waals surface area contributed by atoms with Crippen LogP contribution in [0, 0.1) is 0 Å². The minimum atomic E-state index is -0.881. The van der Waals surface area contributed by atoms with Gasteiger partial charge in [0.2, 0.25) is 0 Å². The van der Waals surface area contributed by atoms with Crippen LogP contribution in [0.3, 0.4) is 0 Å². The summed E-state index contributed by atoms with van der Waals surface area (Å²) >= 11 is 0. The zero-order chi connectivity index (χ0) is 10.5. The van der Waals surface area contributed by atoms with Crippen molar-refractivity contribution in [2.45, 2.75) is 31.6 Å². The predicted octanol–water partition coefficient (Wildman–Crippen LogP) is 2.09. The van der Waals surface area contributed by atoms with Gasteiger partial charge < -0.3 is 5.73 Å². The van der Waals surface area contributed by atoms with Crippen molar-refractivity contribution >= 4 is 5.69 Å². The van der Waals surface area contributed by atoms with Crippen molar-refractivity contribution in [1.29, 1.82) is 0 Å². The van der Waals surface area contributed by atoms with Crippen LogP contribution in [0.5, 0.6) is 0 Å². The van der Waals surface area contributed by atoms with Crippen molar-refractivity contribution in [3.63, 3.8) is 0 Å². The fraction of sp³-hybridized carbons (Fsp3) is 0.500. The maximum Gasteiger partial charge on any atom is 0.123 e. The third kappa shape index (κ3) is 1.72. The second-order valence-electron chi connectivity index (χ2n) is 4.82. The van der Waals surface area contributed by atoms with Gasteiger partial charge in [0, 0.05) is 25.3 Å². The maximum absolute atomic E-state index is 13.6. The van der Waals surface area contributed by atoms with E-state index in [1.807, 2.05) is 12.1 Å². The Balaban J connectivity index is 1.74. The Morgan fingerprint density at radius 2 is 2.00 bits per heavy atom. The first-order valence-electron chi connectivity index (χ1n) is 5.43. The lowest BCUT2D eigenvalue weighted by atomic mass is 10.1. The van der Waals surface area contributed by atoms with E-state index in [-0.39, 0.29) is 0 Å². The van der Waals surface area contributed by atoms with E-state index in [0.717, 1.165) is 31.6 Å². The van der Waals surface area contributed by atoms with Crippen molar-refractivity contribution in [1.82, 2.24) is 4.90 Å². The minimum absolute atomic E-state index is 0.585. The van der Waals surface area contributed by atoms with Crippen LogP contribution in [-0.4, -0.2) is 17.1 Å². The van der Waals surface area contributed by atoms with Crippen LogP contribution in [0.2, 0.25) is 0 Å². The zero-order valence-electron chi connectivity index (χ0n) is 8.67. The number of nitrogens with two attached hydrogens (primary N) is 1. The summed E-state index contributed by atoms with van der Waals surface area (Å²) in [6.45, 7) is 2.31. The van der Waals surface area contributed by atoms with Gasteiger partial charge in [0.15, 0.2) is 0 Å². The molecule has 1 aromatic rings. The van der Waals surface area contributed by atoms with Crippen molar-refractivity contribution in [3.05, 3.63) is 29.3 Å². The van der Waals surface area contributed by atoms with Crippen molar-refractivity contribution < 1.29 is 4.39 Å². The summed E-state index contributed by atoms with van der Waals surface area (Å²) in [5.41, 5.74) is 8.21. The van der Waals surface area contributed by atoms with Gasteiger partial charge in [-0.1, -0.05) is 6.07 Å². The average molecular weight is 206 g/mol. The van der Waals surface area contributed by atoms with Gasteiger partial charge >= 0.3 is 0 Å². The highest BCUT2D eigenvalue weighted by atomic mass is 19.1. The Morgan fingerprint density at radius 3 is 2.73 bits per heavy atom. The molecule has 1 heterocycles. The summed E-state index contributed by atoms with van der Waals surface area (Å²) in [6, 6.07) is 5.99.